The molecule has 110 valence electrons. The highest BCUT2D eigenvalue weighted by molar-refractivity contribution is 7.80. The third-order valence-electron chi connectivity index (χ3n) is 3.33. The van der Waals surface area contributed by atoms with Crippen molar-refractivity contribution in [2.45, 2.75) is 6.92 Å². The fourth-order valence-corrected chi connectivity index (χ4v) is 2.70. The number of nitrogens with one attached hydrogen (secondary N) is 1. The molecule has 2 aromatic rings. The van der Waals surface area contributed by atoms with Crippen LogP contribution in [0.3, 0.4) is 0 Å². The first-order chi connectivity index (χ1) is 10.5. The summed E-state index contributed by atoms with van der Waals surface area (Å²) in [6, 6.07) is 15.0. The first kappa shape index (κ1) is 14.8. The summed E-state index contributed by atoms with van der Waals surface area (Å²) in [4.78, 5) is 14.0. The Morgan fingerprint density at radius 1 is 1.18 bits per heavy atom. The predicted octanol–water partition coefficient (Wildman–Crippen LogP) is 3.91. The van der Waals surface area contributed by atoms with Crippen LogP contribution in [0.2, 0.25) is 5.02 Å². The second kappa shape index (κ2) is 5.91. The lowest BCUT2D eigenvalue weighted by Gasteiger charge is -2.13. The molecule has 1 fully saturated rings. The van der Waals surface area contributed by atoms with Gasteiger partial charge >= 0.3 is 0 Å². The predicted molar refractivity (Wildman–Crippen MR) is 93.8 cm³/mol. The van der Waals surface area contributed by atoms with Crippen molar-refractivity contribution in [2.75, 3.05) is 4.90 Å². The highest BCUT2D eigenvalue weighted by Crippen LogP contribution is 2.25. The van der Waals surface area contributed by atoms with Crippen LogP contribution in [0.1, 0.15) is 11.1 Å². The van der Waals surface area contributed by atoms with E-state index in [4.69, 9.17) is 23.8 Å². The lowest BCUT2D eigenvalue weighted by Crippen LogP contribution is -2.30. The first-order valence-electron chi connectivity index (χ1n) is 6.74. The molecule has 1 saturated heterocycles. The summed E-state index contributed by atoms with van der Waals surface area (Å²) in [5, 5.41) is 3.87. The third-order valence-corrected chi connectivity index (χ3v) is 3.85. The zero-order valence-electron chi connectivity index (χ0n) is 11.8. The highest BCUT2D eigenvalue weighted by Gasteiger charge is 2.31. The molecule has 0 saturated carbocycles. The maximum atomic E-state index is 12.6. The number of anilines is 1. The standard InChI is InChI=1S/C17H13ClN2OS/c1-11-5-7-12(8-6-11)9-15-16(21)20(17(22)19-15)14-4-2-3-13(18)10-14/h2-10H,1H3,(H,19,22)/b15-9-. The van der Waals surface area contributed by atoms with E-state index in [1.807, 2.05) is 31.2 Å². The van der Waals surface area contributed by atoms with Crippen molar-refractivity contribution >= 4 is 46.6 Å². The van der Waals surface area contributed by atoms with Gasteiger partial charge in [0.2, 0.25) is 0 Å². The monoisotopic (exact) mass is 328 g/mol. The Hall–Kier alpha value is -2.17. The van der Waals surface area contributed by atoms with Gasteiger partial charge in [0.05, 0.1) is 5.69 Å². The summed E-state index contributed by atoms with van der Waals surface area (Å²) < 4.78 is 0. The van der Waals surface area contributed by atoms with Crippen molar-refractivity contribution < 1.29 is 4.79 Å². The fraction of sp³-hybridized carbons (Fsp3) is 0.0588. The Bertz CT molecular complexity index is 784. The minimum Gasteiger partial charge on any atom is -0.327 e. The summed E-state index contributed by atoms with van der Waals surface area (Å²) in [5.41, 5.74) is 3.22. The molecular weight excluding hydrogens is 316 g/mol. The van der Waals surface area contributed by atoms with Crippen LogP contribution in [-0.4, -0.2) is 11.0 Å². The average molecular weight is 329 g/mol. The molecule has 0 atom stereocenters. The van der Waals surface area contributed by atoms with Crippen LogP contribution < -0.4 is 10.2 Å². The van der Waals surface area contributed by atoms with Crippen LogP contribution in [0.25, 0.3) is 6.08 Å². The Kier molecular flexibility index (Phi) is 3.96. The minimum atomic E-state index is -0.187. The van der Waals surface area contributed by atoms with Gasteiger partial charge in [-0.3, -0.25) is 9.69 Å². The van der Waals surface area contributed by atoms with Crippen LogP contribution in [-0.2, 0) is 4.79 Å². The molecule has 5 heteroatoms. The van der Waals surface area contributed by atoms with E-state index in [1.165, 1.54) is 10.5 Å². The summed E-state index contributed by atoms with van der Waals surface area (Å²) >= 11 is 11.3. The van der Waals surface area contributed by atoms with Crippen LogP contribution in [0.4, 0.5) is 5.69 Å². The molecule has 0 bridgehead atoms. The van der Waals surface area contributed by atoms with Crippen molar-refractivity contribution in [2.24, 2.45) is 0 Å². The molecule has 1 aliphatic rings. The van der Waals surface area contributed by atoms with Crippen molar-refractivity contribution in [3.63, 3.8) is 0 Å². The Balaban J connectivity index is 1.93. The zero-order valence-corrected chi connectivity index (χ0v) is 13.4. The number of carbonyl (C=O) groups is 1. The summed E-state index contributed by atoms with van der Waals surface area (Å²) in [6.45, 7) is 2.02. The number of benzene rings is 2. The number of thiocarbonyl (C=S) groups is 1. The van der Waals surface area contributed by atoms with Crippen molar-refractivity contribution in [3.05, 3.63) is 70.4 Å². The Labute approximate surface area is 139 Å². The second-order valence-corrected chi connectivity index (χ2v) is 5.84. The van der Waals surface area contributed by atoms with Gasteiger partial charge in [0.1, 0.15) is 5.70 Å². The van der Waals surface area contributed by atoms with Crippen LogP contribution in [0.5, 0.6) is 0 Å². The van der Waals surface area contributed by atoms with E-state index in [9.17, 15) is 4.79 Å². The van der Waals surface area contributed by atoms with E-state index in [0.29, 0.717) is 21.5 Å². The van der Waals surface area contributed by atoms with E-state index in [-0.39, 0.29) is 5.91 Å². The van der Waals surface area contributed by atoms with Gasteiger partial charge < -0.3 is 5.32 Å². The Morgan fingerprint density at radius 2 is 1.91 bits per heavy atom. The average Bonchev–Trinajstić information content (AvgIpc) is 2.76. The van der Waals surface area contributed by atoms with E-state index in [2.05, 4.69) is 5.32 Å². The van der Waals surface area contributed by atoms with Gasteiger partial charge in [0.15, 0.2) is 5.11 Å². The van der Waals surface area contributed by atoms with Gasteiger partial charge in [-0.2, -0.15) is 0 Å². The van der Waals surface area contributed by atoms with Crippen LogP contribution >= 0.6 is 23.8 Å². The number of hydrogen-bond acceptors (Lipinski definition) is 2. The lowest BCUT2D eigenvalue weighted by molar-refractivity contribution is -0.113. The lowest BCUT2D eigenvalue weighted by atomic mass is 10.1. The third kappa shape index (κ3) is 2.89. The van der Waals surface area contributed by atoms with E-state index >= 15 is 0 Å². The first-order valence-corrected chi connectivity index (χ1v) is 7.52. The van der Waals surface area contributed by atoms with Gasteiger partial charge in [-0.1, -0.05) is 47.5 Å². The Morgan fingerprint density at radius 3 is 2.59 bits per heavy atom. The molecule has 3 nitrogen and oxygen atoms in total. The quantitative estimate of drug-likeness (QED) is 0.670. The summed E-state index contributed by atoms with van der Waals surface area (Å²) in [5.74, 6) is -0.187. The van der Waals surface area contributed by atoms with E-state index < -0.39 is 0 Å². The molecule has 0 aromatic heterocycles. The minimum absolute atomic E-state index is 0.187. The van der Waals surface area contributed by atoms with Gasteiger partial charge in [0.25, 0.3) is 5.91 Å². The number of nitrogens with zero attached hydrogens (tertiary/aromatic N) is 1. The topological polar surface area (TPSA) is 32.3 Å². The summed E-state index contributed by atoms with van der Waals surface area (Å²) in [7, 11) is 0. The highest BCUT2D eigenvalue weighted by atomic mass is 35.5. The number of aryl methyl sites for hydroxylation is 1. The second-order valence-electron chi connectivity index (χ2n) is 5.02. The van der Waals surface area contributed by atoms with Crippen LogP contribution in [0, 0.1) is 6.92 Å². The molecule has 0 radical (unpaired) electrons. The van der Waals surface area contributed by atoms with E-state index in [1.54, 1.807) is 30.3 Å². The van der Waals surface area contributed by atoms with Crippen molar-refractivity contribution in [3.8, 4) is 0 Å². The largest absolute Gasteiger partial charge is 0.327 e. The maximum absolute atomic E-state index is 12.6. The smallest absolute Gasteiger partial charge is 0.281 e. The van der Waals surface area contributed by atoms with Gasteiger partial charge in [0, 0.05) is 5.02 Å². The van der Waals surface area contributed by atoms with Crippen LogP contribution in [0.15, 0.2) is 54.2 Å². The molecule has 0 aliphatic carbocycles. The molecule has 0 spiro atoms. The van der Waals surface area contributed by atoms with Crippen molar-refractivity contribution in [1.82, 2.24) is 5.32 Å². The number of carbonyl (C=O) groups excluding carboxylic acids is 1. The normalized spacial score (nSPS) is 16.3. The number of hydrogen-bond donors (Lipinski definition) is 1. The number of halogens is 1. The number of rotatable bonds is 2. The molecule has 1 N–H and O–H groups in total. The molecule has 0 unspecified atom stereocenters. The van der Waals surface area contributed by atoms with E-state index in [0.717, 1.165) is 5.56 Å². The van der Waals surface area contributed by atoms with Gasteiger partial charge in [-0.15, -0.1) is 0 Å². The molecule has 2 aromatic carbocycles. The number of amides is 1. The molecule has 22 heavy (non-hydrogen) atoms. The molecular formula is C17H13ClN2OS. The molecule has 1 heterocycles. The fourth-order valence-electron chi connectivity index (χ4n) is 2.21. The molecule has 1 aliphatic heterocycles. The van der Waals surface area contributed by atoms with Gasteiger partial charge in [-0.25, -0.2) is 0 Å². The van der Waals surface area contributed by atoms with Crippen molar-refractivity contribution in [1.29, 1.82) is 0 Å². The SMILES string of the molecule is Cc1ccc(/C=C2\NC(=S)N(c3cccc(Cl)c3)C2=O)cc1. The maximum Gasteiger partial charge on any atom is 0.281 e. The molecule has 3 rings (SSSR count). The zero-order chi connectivity index (χ0) is 15.7. The van der Waals surface area contributed by atoms with Gasteiger partial charge in [-0.05, 0) is 49.0 Å². The molecule has 1 amide bonds. The summed E-state index contributed by atoms with van der Waals surface area (Å²) in [6.07, 6.45) is 1.79.